The first-order valence-electron chi connectivity index (χ1n) is 6.20. The highest BCUT2D eigenvalue weighted by molar-refractivity contribution is 5.73. The van der Waals surface area contributed by atoms with Crippen molar-refractivity contribution in [2.75, 3.05) is 19.8 Å². The molecular formula is C11H21NO8. The predicted molar refractivity (Wildman–Crippen MR) is 64.4 cm³/mol. The van der Waals surface area contributed by atoms with Crippen molar-refractivity contribution in [2.24, 2.45) is 0 Å². The summed E-state index contributed by atoms with van der Waals surface area (Å²) in [6.45, 7) is -0.144. The summed E-state index contributed by atoms with van der Waals surface area (Å²) in [5.41, 5.74) is 0. The number of amides is 1. The Morgan fingerprint density at radius 2 is 2.00 bits per heavy atom. The van der Waals surface area contributed by atoms with Gasteiger partial charge in [-0.2, -0.15) is 0 Å². The number of ether oxygens (including phenoxy) is 2. The van der Waals surface area contributed by atoms with E-state index in [0.29, 0.717) is 0 Å². The number of nitrogens with one attached hydrogen (secondary N) is 1. The number of hydrogen-bond acceptors (Lipinski definition) is 8. The van der Waals surface area contributed by atoms with Crippen molar-refractivity contribution >= 4 is 5.91 Å². The van der Waals surface area contributed by atoms with Gasteiger partial charge in [-0.3, -0.25) is 4.79 Å². The SMILES string of the molecule is CC(=O)N[C@H]1[C@H](OC[C@H](O)CO)O[C@H](CO)[C@@H](O)[C@@H]1O. The summed E-state index contributed by atoms with van der Waals surface area (Å²) < 4.78 is 10.4. The molecule has 0 unspecified atom stereocenters. The van der Waals surface area contributed by atoms with Gasteiger partial charge in [-0.05, 0) is 0 Å². The fourth-order valence-electron chi connectivity index (χ4n) is 1.87. The third kappa shape index (κ3) is 4.35. The average molecular weight is 295 g/mol. The van der Waals surface area contributed by atoms with E-state index in [1.165, 1.54) is 6.92 Å². The molecule has 1 saturated heterocycles. The van der Waals surface area contributed by atoms with Gasteiger partial charge in [-0.25, -0.2) is 0 Å². The number of aliphatic hydroxyl groups is 5. The molecule has 1 amide bonds. The molecule has 1 rings (SSSR count). The van der Waals surface area contributed by atoms with Crippen molar-refractivity contribution in [3.05, 3.63) is 0 Å². The molecule has 0 aromatic heterocycles. The second-order valence-electron chi connectivity index (χ2n) is 4.60. The lowest BCUT2D eigenvalue weighted by molar-refractivity contribution is -0.275. The minimum absolute atomic E-state index is 0.293. The molecule has 1 heterocycles. The lowest BCUT2D eigenvalue weighted by atomic mass is 9.97. The normalized spacial score (nSPS) is 35.6. The zero-order chi connectivity index (χ0) is 15.3. The van der Waals surface area contributed by atoms with Crippen molar-refractivity contribution in [1.29, 1.82) is 0 Å². The Morgan fingerprint density at radius 3 is 2.50 bits per heavy atom. The molecule has 9 heteroatoms. The fourth-order valence-corrected chi connectivity index (χ4v) is 1.87. The highest BCUT2D eigenvalue weighted by Gasteiger charge is 2.45. The summed E-state index contributed by atoms with van der Waals surface area (Å²) in [7, 11) is 0. The Labute approximate surface area is 115 Å². The van der Waals surface area contributed by atoms with Gasteiger partial charge in [0, 0.05) is 6.92 Å². The minimum atomic E-state index is -1.40. The van der Waals surface area contributed by atoms with Crippen molar-refractivity contribution in [1.82, 2.24) is 5.32 Å². The highest BCUT2D eigenvalue weighted by atomic mass is 16.7. The number of carbonyl (C=O) groups is 1. The van der Waals surface area contributed by atoms with Crippen LogP contribution in [0.1, 0.15) is 6.92 Å². The minimum Gasteiger partial charge on any atom is -0.394 e. The smallest absolute Gasteiger partial charge is 0.217 e. The quantitative estimate of drug-likeness (QED) is 0.293. The van der Waals surface area contributed by atoms with Gasteiger partial charge >= 0.3 is 0 Å². The molecule has 9 nitrogen and oxygen atoms in total. The molecule has 0 aliphatic carbocycles. The molecule has 0 aromatic rings. The van der Waals surface area contributed by atoms with E-state index in [4.69, 9.17) is 19.7 Å². The summed E-state index contributed by atoms with van der Waals surface area (Å²) in [6.07, 6.45) is -6.18. The Hall–Kier alpha value is -0.810. The third-order valence-electron chi connectivity index (χ3n) is 2.91. The standard InChI is InChI=1S/C11H21NO8/c1-5(15)12-8-10(18)9(17)7(3-14)20-11(8)19-4-6(16)2-13/h6-11,13-14,16-18H,2-4H2,1H3,(H,12,15)/t6-,7-,8-,9-,10-,11-/m1/s1. The molecule has 0 aromatic carbocycles. The number of rotatable bonds is 6. The molecule has 1 aliphatic heterocycles. The van der Waals surface area contributed by atoms with E-state index in [-0.39, 0.29) is 6.61 Å². The van der Waals surface area contributed by atoms with Crippen molar-refractivity contribution < 1.29 is 39.8 Å². The second-order valence-corrected chi connectivity index (χ2v) is 4.60. The number of aliphatic hydroxyl groups excluding tert-OH is 5. The largest absolute Gasteiger partial charge is 0.394 e. The van der Waals surface area contributed by atoms with Crippen molar-refractivity contribution in [3.8, 4) is 0 Å². The van der Waals surface area contributed by atoms with Gasteiger partial charge in [0.25, 0.3) is 0 Å². The van der Waals surface area contributed by atoms with E-state index in [2.05, 4.69) is 5.32 Å². The van der Waals surface area contributed by atoms with Crippen molar-refractivity contribution in [3.63, 3.8) is 0 Å². The van der Waals surface area contributed by atoms with Crippen LogP contribution >= 0.6 is 0 Å². The van der Waals surface area contributed by atoms with E-state index in [1.807, 2.05) is 0 Å². The highest BCUT2D eigenvalue weighted by Crippen LogP contribution is 2.22. The molecular weight excluding hydrogens is 274 g/mol. The van der Waals surface area contributed by atoms with Gasteiger partial charge in [0.05, 0.1) is 19.8 Å². The number of hydrogen-bond donors (Lipinski definition) is 6. The molecule has 6 atom stereocenters. The van der Waals surface area contributed by atoms with E-state index >= 15 is 0 Å². The zero-order valence-corrected chi connectivity index (χ0v) is 11.0. The van der Waals surface area contributed by atoms with Crippen LogP contribution in [0.5, 0.6) is 0 Å². The van der Waals surface area contributed by atoms with Crippen LogP contribution in [0.4, 0.5) is 0 Å². The maximum atomic E-state index is 11.1. The van der Waals surface area contributed by atoms with Crippen LogP contribution in [0.15, 0.2) is 0 Å². The van der Waals surface area contributed by atoms with Crippen LogP contribution < -0.4 is 5.32 Å². The molecule has 0 saturated carbocycles. The Balaban J connectivity index is 2.75. The first-order chi connectivity index (χ1) is 9.40. The van der Waals surface area contributed by atoms with Gasteiger partial charge in [0.2, 0.25) is 5.91 Å². The van der Waals surface area contributed by atoms with Crippen molar-refractivity contribution in [2.45, 2.75) is 43.7 Å². The first-order valence-corrected chi connectivity index (χ1v) is 6.20. The van der Waals surface area contributed by atoms with Gasteiger partial charge in [0.15, 0.2) is 6.29 Å². The van der Waals surface area contributed by atoms with E-state index in [1.54, 1.807) is 0 Å². The van der Waals surface area contributed by atoms with Gasteiger partial charge in [-0.1, -0.05) is 0 Å². The van der Waals surface area contributed by atoms with Gasteiger partial charge in [-0.15, -0.1) is 0 Å². The first kappa shape index (κ1) is 17.2. The summed E-state index contributed by atoms with van der Waals surface area (Å²) in [5.74, 6) is -0.469. The summed E-state index contributed by atoms with van der Waals surface area (Å²) in [5, 5.41) is 49.0. The lowest BCUT2D eigenvalue weighted by Gasteiger charge is -2.42. The van der Waals surface area contributed by atoms with Crippen LogP contribution in [0.3, 0.4) is 0 Å². The van der Waals surface area contributed by atoms with Crippen LogP contribution in [0.25, 0.3) is 0 Å². The predicted octanol–water partition coefficient (Wildman–Crippen LogP) is -3.70. The molecule has 0 spiro atoms. The second kappa shape index (κ2) is 7.84. The van der Waals surface area contributed by atoms with Crippen LogP contribution in [-0.4, -0.2) is 88.0 Å². The Kier molecular flexibility index (Phi) is 6.76. The molecule has 6 N–H and O–H groups in total. The summed E-state index contributed by atoms with van der Waals surface area (Å²) in [4.78, 5) is 11.1. The Morgan fingerprint density at radius 1 is 1.35 bits per heavy atom. The molecule has 0 radical (unpaired) electrons. The van der Waals surface area contributed by atoms with Gasteiger partial charge in [0.1, 0.15) is 30.5 Å². The topological polar surface area (TPSA) is 149 Å². The average Bonchev–Trinajstić information content (AvgIpc) is 2.42. The summed E-state index contributed by atoms with van der Waals surface area (Å²) >= 11 is 0. The molecule has 1 fully saturated rings. The Bertz CT molecular complexity index is 315. The van der Waals surface area contributed by atoms with Crippen LogP contribution in [0, 0.1) is 0 Å². The number of carbonyl (C=O) groups excluding carboxylic acids is 1. The van der Waals surface area contributed by atoms with Gasteiger partial charge < -0.3 is 40.3 Å². The van der Waals surface area contributed by atoms with E-state index < -0.39 is 55.9 Å². The third-order valence-corrected chi connectivity index (χ3v) is 2.91. The monoisotopic (exact) mass is 295 g/mol. The van der Waals surface area contributed by atoms with E-state index in [9.17, 15) is 20.1 Å². The fraction of sp³-hybridized carbons (Fsp3) is 0.909. The lowest BCUT2D eigenvalue weighted by Crippen LogP contribution is -2.64. The molecule has 20 heavy (non-hydrogen) atoms. The van der Waals surface area contributed by atoms with Crippen LogP contribution in [-0.2, 0) is 14.3 Å². The van der Waals surface area contributed by atoms with Crippen LogP contribution in [0.2, 0.25) is 0 Å². The molecule has 0 bridgehead atoms. The maximum Gasteiger partial charge on any atom is 0.217 e. The molecule has 1 aliphatic rings. The molecule has 118 valence electrons. The zero-order valence-electron chi connectivity index (χ0n) is 11.0. The summed E-state index contributed by atoms with van der Waals surface area (Å²) in [6, 6.07) is -1.06. The maximum absolute atomic E-state index is 11.1. The van der Waals surface area contributed by atoms with E-state index in [0.717, 1.165) is 0 Å².